The summed E-state index contributed by atoms with van der Waals surface area (Å²) >= 11 is 0. The van der Waals surface area contributed by atoms with Crippen molar-refractivity contribution in [3.05, 3.63) is 65.5 Å². The zero-order chi connectivity index (χ0) is 16.8. The third-order valence-electron chi connectivity index (χ3n) is 5.94. The summed E-state index contributed by atoms with van der Waals surface area (Å²) in [6.45, 7) is 0. The molecule has 0 radical (unpaired) electrons. The molecule has 0 spiro atoms. The predicted molar refractivity (Wildman–Crippen MR) is 104 cm³/mol. The number of nitrogens with two attached hydrogens (primary N) is 1. The number of hydrogen-bond acceptors (Lipinski definition) is 2. The van der Waals surface area contributed by atoms with E-state index in [0.717, 1.165) is 5.69 Å². The lowest BCUT2D eigenvalue weighted by molar-refractivity contribution is 0.391. The molecule has 3 heteroatoms. The van der Waals surface area contributed by atoms with Gasteiger partial charge in [-0.15, -0.1) is 0 Å². The van der Waals surface area contributed by atoms with Crippen molar-refractivity contribution in [2.45, 2.75) is 32.1 Å². The molecule has 3 N–H and O–H groups in total. The molecule has 1 aromatic heterocycles. The highest BCUT2D eigenvalue weighted by atomic mass is 14.9. The molecular formula is C22H23N3. The van der Waals surface area contributed by atoms with E-state index in [2.05, 4.69) is 52.5 Å². The van der Waals surface area contributed by atoms with Gasteiger partial charge in [0.25, 0.3) is 0 Å². The van der Waals surface area contributed by atoms with E-state index in [-0.39, 0.29) is 0 Å². The van der Waals surface area contributed by atoms with Crippen molar-refractivity contribution < 1.29 is 0 Å². The summed E-state index contributed by atoms with van der Waals surface area (Å²) in [6, 6.07) is 10.7. The van der Waals surface area contributed by atoms with Gasteiger partial charge in [0.2, 0.25) is 0 Å². The van der Waals surface area contributed by atoms with Crippen LogP contribution in [-0.2, 0) is 0 Å². The summed E-state index contributed by atoms with van der Waals surface area (Å²) < 4.78 is 0. The lowest BCUT2D eigenvalue weighted by atomic mass is 9.78. The van der Waals surface area contributed by atoms with Gasteiger partial charge in [-0.3, -0.25) is 0 Å². The normalized spacial score (nSPS) is 23.8. The number of amidine groups is 1. The maximum atomic E-state index is 6.33. The predicted octanol–water partition coefficient (Wildman–Crippen LogP) is 4.94. The second-order valence-corrected chi connectivity index (χ2v) is 7.41. The number of nitrogens with one attached hydrogen (secondary N) is 1. The van der Waals surface area contributed by atoms with Crippen LogP contribution >= 0.6 is 0 Å². The SMILES string of the molecule is NC1=NC=CC2C(C3CCCCC3)=CC(c3cc4ccccc4[nH]3)=C12. The van der Waals surface area contributed by atoms with Crippen LogP contribution in [0.25, 0.3) is 16.5 Å². The first kappa shape index (κ1) is 14.8. The van der Waals surface area contributed by atoms with Crippen molar-refractivity contribution in [2.75, 3.05) is 0 Å². The maximum Gasteiger partial charge on any atom is 0.128 e. The number of H-pyrrole nitrogens is 1. The van der Waals surface area contributed by atoms with E-state index in [1.165, 1.54) is 59.7 Å². The minimum atomic E-state index is 0.307. The fourth-order valence-electron chi connectivity index (χ4n) is 4.70. The van der Waals surface area contributed by atoms with Gasteiger partial charge >= 0.3 is 0 Å². The molecule has 0 saturated heterocycles. The van der Waals surface area contributed by atoms with Gasteiger partial charge in [-0.25, -0.2) is 4.99 Å². The quantitative estimate of drug-likeness (QED) is 0.805. The van der Waals surface area contributed by atoms with Crippen LogP contribution in [0.5, 0.6) is 0 Å². The Balaban J connectivity index is 1.63. The summed E-state index contributed by atoms with van der Waals surface area (Å²) in [5, 5.41) is 1.24. The lowest BCUT2D eigenvalue weighted by Crippen LogP contribution is -2.24. The standard InChI is InChI=1S/C22H23N3/c23-22-21-16(10-11-24-22)17(14-6-2-1-3-7-14)13-18(21)20-12-15-8-4-5-9-19(15)25-20/h4-5,8-14,16,25H,1-3,6-7H2,(H2,23,24). The summed E-state index contributed by atoms with van der Waals surface area (Å²) in [4.78, 5) is 7.97. The van der Waals surface area contributed by atoms with Gasteiger partial charge in [0.05, 0.1) is 0 Å². The average molecular weight is 329 g/mol. The molecule has 2 heterocycles. The molecule has 25 heavy (non-hydrogen) atoms. The Kier molecular flexibility index (Phi) is 3.40. The first-order valence-corrected chi connectivity index (χ1v) is 9.35. The molecule has 5 rings (SSSR count). The Hall–Kier alpha value is -2.55. The Bertz CT molecular complexity index is 916. The number of fused-ring (bicyclic) bond motifs is 2. The van der Waals surface area contributed by atoms with E-state index >= 15 is 0 Å². The van der Waals surface area contributed by atoms with Gasteiger partial charge in [0.15, 0.2) is 0 Å². The highest BCUT2D eigenvalue weighted by molar-refractivity contribution is 6.10. The number of nitrogens with zero attached hydrogens (tertiary/aromatic N) is 1. The molecule has 1 saturated carbocycles. The van der Waals surface area contributed by atoms with E-state index in [9.17, 15) is 0 Å². The van der Waals surface area contributed by atoms with Crippen LogP contribution < -0.4 is 5.73 Å². The second-order valence-electron chi connectivity index (χ2n) is 7.41. The third-order valence-corrected chi connectivity index (χ3v) is 5.94. The summed E-state index contributed by atoms with van der Waals surface area (Å²) in [5.74, 6) is 1.66. The topological polar surface area (TPSA) is 54.2 Å². The van der Waals surface area contributed by atoms with Gasteiger partial charge in [-0.1, -0.05) is 55.2 Å². The minimum Gasteiger partial charge on any atom is -0.383 e. The molecule has 2 aliphatic carbocycles. The van der Waals surface area contributed by atoms with E-state index in [1.54, 1.807) is 0 Å². The van der Waals surface area contributed by atoms with Crippen LogP contribution in [0.4, 0.5) is 0 Å². The third kappa shape index (κ3) is 2.38. The number of allylic oxidation sites excluding steroid dienone is 4. The van der Waals surface area contributed by atoms with Crippen molar-refractivity contribution in [1.29, 1.82) is 0 Å². The van der Waals surface area contributed by atoms with E-state index in [0.29, 0.717) is 17.7 Å². The van der Waals surface area contributed by atoms with Crippen LogP contribution in [0.1, 0.15) is 37.8 Å². The highest BCUT2D eigenvalue weighted by Gasteiger charge is 2.35. The number of rotatable bonds is 2. The van der Waals surface area contributed by atoms with Gasteiger partial charge < -0.3 is 10.7 Å². The number of hydrogen-bond donors (Lipinski definition) is 2. The lowest BCUT2D eigenvalue weighted by Gasteiger charge is -2.28. The van der Waals surface area contributed by atoms with Crippen LogP contribution in [0, 0.1) is 11.8 Å². The summed E-state index contributed by atoms with van der Waals surface area (Å²) in [7, 11) is 0. The van der Waals surface area contributed by atoms with Crippen LogP contribution in [0.15, 0.2) is 64.8 Å². The number of aliphatic imine (C=N–C) groups is 1. The van der Waals surface area contributed by atoms with Gasteiger partial charge in [-0.2, -0.15) is 0 Å². The number of benzene rings is 1. The molecule has 1 atom stereocenters. The molecule has 0 bridgehead atoms. The zero-order valence-corrected chi connectivity index (χ0v) is 14.3. The minimum absolute atomic E-state index is 0.307. The Morgan fingerprint density at radius 1 is 1.08 bits per heavy atom. The van der Waals surface area contributed by atoms with Crippen molar-refractivity contribution in [3.8, 4) is 0 Å². The van der Waals surface area contributed by atoms with E-state index < -0.39 is 0 Å². The molecule has 1 aromatic carbocycles. The Labute approximate surface area is 148 Å². The van der Waals surface area contributed by atoms with Crippen molar-refractivity contribution in [3.63, 3.8) is 0 Å². The number of aromatic amines is 1. The highest BCUT2D eigenvalue weighted by Crippen LogP contribution is 2.46. The monoisotopic (exact) mass is 329 g/mol. The van der Waals surface area contributed by atoms with Crippen molar-refractivity contribution in [1.82, 2.24) is 4.98 Å². The molecule has 3 aliphatic rings. The Morgan fingerprint density at radius 3 is 2.76 bits per heavy atom. The molecule has 126 valence electrons. The van der Waals surface area contributed by atoms with Gasteiger partial charge in [0, 0.05) is 39.9 Å². The molecule has 1 fully saturated rings. The molecule has 0 amide bonds. The molecule has 1 unspecified atom stereocenters. The first-order chi connectivity index (χ1) is 12.3. The molecular weight excluding hydrogens is 306 g/mol. The average Bonchev–Trinajstić information content (AvgIpc) is 3.24. The summed E-state index contributed by atoms with van der Waals surface area (Å²) in [6.07, 6.45) is 13.2. The summed E-state index contributed by atoms with van der Waals surface area (Å²) in [5.41, 5.74) is 12.6. The number of aromatic nitrogens is 1. The first-order valence-electron chi connectivity index (χ1n) is 9.35. The van der Waals surface area contributed by atoms with Crippen LogP contribution in [-0.4, -0.2) is 10.8 Å². The molecule has 3 nitrogen and oxygen atoms in total. The largest absolute Gasteiger partial charge is 0.383 e. The van der Waals surface area contributed by atoms with Gasteiger partial charge in [-0.05, 0) is 30.9 Å². The van der Waals surface area contributed by atoms with E-state index in [4.69, 9.17) is 5.73 Å². The number of para-hydroxylation sites is 1. The van der Waals surface area contributed by atoms with Crippen molar-refractivity contribution in [2.24, 2.45) is 22.6 Å². The fraction of sp³-hybridized carbons (Fsp3) is 0.318. The molecule has 1 aliphatic heterocycles. The van der Waals surface area contributed by atoms with E-state index in [1.807, 2.05) is 6.20 Å². The van der Waals surface area contributed by atoms with Gasteiger partial charge in [0.1, 0.15) is 5.84 Å². The fourth-order valence-corrected chi connectivity index (χ4v) is 4.70. The zero-order valence-electron chi connectivity index (χ0n) is 14.3. The Morgan fingerprint density at radius 2 is 1.92 bits per heavy atom. The van der Waals surface area contributed by atoms with Crippen LogP contribution in [0.3, 0.4) is 0 Å². The van der Waals surface area contributed by atoms with Crippen molar-refractivity contribution >= 4 is 22.3 Å². The smallest absolute Gasteiger partial charge is 0.128 e. The second kappa shape index (κ2) is 5.76. The molecule has 2 aromatic rings. The maximum absolute atomic E-state index is 6.33. The van der Waals surface area contributed by atoms with Crippen LogP contribution in [0.2, 0.25) is 0 Å².